The zero-order chi connectivity index (χ0) is 13.7. The molecular formula is C13H21N3O2. The molecule has 0 aliphatic heterocycles. The summed E-state index contributed by atoms with van der Waals surface area (Å²) in [5, 5.41) is 14.0. The Bertz CT molecular complexity index is 397. The molecule has 1 aromatic rings. The van der Waals surface area contributed by atoms with Crippen LogP contribution in [-0.4, -0.2) is 16.5 Å². The summed E-state index contributed by atoms with van der Waals surface area (Å²) in [4.78, 5) is 14.5. The van der Waals surface area contributed by atoms with E-state index in [1.165, 1.54) is 6.07 Å². The molecule has 1 aromatic heterocycles. The van der Waals surface area contributed by atoms with Crippen LogP contribution in [0, 0.1) is 27.9 Å². The number of rotatable bonds is 6. The Morgan fingerprint density at radius 3 is 2.44 bits per heavy atom. The second kappa shape index (κ2) is 6.33. The number of nitro groups is 1. The number of pyridine rings is 1. The summed E-state index contributed by atoms with van der Waals surface area (Å²) in [5.74, 6) is 1.88. The Balaban J connectivity index is 2.76. The van der Waals surface area contributed by atoms with Crippen LogP contribution in [0.2, 0.25) is 0 Å². The zero-order valence-electron chi connectivity index (χ0n) is 11.4. The van der Waals surface area contributed by atoms with Gasteiger partial charge in [0.25, 0.3) is 0 Å². The van der Waals surface area contributed by atoms with Gasteiger partial charge in [-0.05, 0) is 23.8 Å². The number of nitrogens with zero attached hydrogens (tertiary/aromatic N) is 2. The third kappa shape index (κ3) is 3.68. The Morgan fingerprint density at radius 2 is 1.94 bits per heavy atom. The van der Waals surface area contributed by atoms with Gasteiger partial charge >= 0.3 is 5.69 Å². The lowest BCUT2D eigenvalue weighted by Gasteiger charge is -2.25. The first-order valence-corrected chi connectivity index (χ1v) is 6.26. The van der Waals surface area contributed by atoms with Crippen molar-refractivity contribution in [2.45, 2.75) is 27.7 Å². The summed E-state index contributed by atoms with van der Waals surface area (Å²) in [6.07, 6.45) is 1.56. The molecule has 0 fully saturated rings. The highest BCUT2D eigenvalue weighted by Crippen LogP contribution is 2.24. The monoisotopic (exact) mass is 251 g/mol. The average Bonchev–Trinajstić information content (AvgIpc) is 2.28. The fourth-order valence-electron chi connectivity index (χ4n) is 2.14. The SMILES string of the molecule is CC(C)C(CNc1ncccc1[N+](=O)[O-])C(C)C. The minimum Gasteiger partial charge on any atom is -0.364 e. The minimum absolute atomic E-state index is 0.0313. The number of nitrogens with one attached hydrogen (secondary N) is 1. The number of anilines is 1. The van der Waals surface area contributed by atoms with E-state index in [1.807, 2.05) is 0 Å². The maximum atomic E-state index is 10.9. The maximum absolute atomic E-state index is 10.9. The third-order valence-corrected chi connectivity index (χ3v) is 3.20. The highest BCUT2D eigenvalue weighted by Gasteiger charge is 2.20. The van der Waals surface area contributed by atoms with Gasteiger partial charge in [-0.2, -0.15) is 0 Å². The molecule has 100 valence electrons. The molecule has 0 bridgehead atoms. The summed E-state index contributed by atoms with van der Waals surface area (Å²) < 4.78 is 0. The molecule has 1 N–H and O–H groups in total. The summed E-state index contributed by atoms with van der Waals surface area (Å²) >= 11 is 0. The van der Waals surface area contributed by atoms with E-state index in [0.717, 1.165) is 0 Å². The van der Waals surface area contributed by atoms with Gasteiger partial charge in [0.1, 0.15) is 0 Å². The van der Waals surface area contributed by atoms with Crippen LogP contribution in [0.5, 0.6) is 0 Å². The van der Waals surface area contributed by atoms with E-state index >= 15 is 0 Å². The van der Waals surface area contributed by atoms with E-state index in [0.29, 0.717) is 30.1 Å². The molecule has 1 heterocycles. The van der Waals surface area contributed by atoms with E-state index in [-0.39, 0.29) is 5.69 Å². The molecular weight excluding hydrogens is 230 g/mol. The molecule has 0 aromatic carbocycles. The van der Waals surface area contributed by atoms with Crippen molar-refractivity contribution in [2.75, 3.05) is 11.9 Å². The molecule has 0 spiro atoms. The van der Waals surface area contributed by atoms with Gasteiger partial charge in [-0.25, -0.2) is 4.98 Å². The molecule has 18 heavy (non-hydrogen) atoms. The van der Waals surface area contributed by atoms with Crippen LogP contribution >= 0.6 is 0 Å². The quantitative estimate of drug-likeness (QED) is 0.622. The molecule has 5 heteroatoms. The first-order chi connectivity index (χ1) is 8.43. The van der Waals surface area contributed by atoms with Gasteiger partial charge in [0.2, 0.25) is 5.82 Å². The Labute approximate surface area is 108 Å². The van der Waals surface area contributed by atoms with Gasteiger partial charge in [0, 0.05) is 18.8 Å². The number of hydrogen-bond donors (Lipinski definition) is 1. The Hall–Kier alpha value is -1.65. The molecule has 1 rings (SSSR count). The summed E-state index contributed by atoms with van der Waals surface area (Å²) in [5.41, 5.74) is 0.0313. The lowest BCUT2D eigenvalue weighted by Crippen LogP contribution is -2.25. The Kier molecular flexibility index (Phi) is 5.07. The fraction of sp³-hybridized carbons (Fsp3) is 0.615. The summed E-state index contributed by atoms with van der Waals surface area (Å²) in [7, 11) is 0. The third-order valence-electron chi connectivity index (χ3n) is 3.20. The smallest absolute Gasteiger partial charge is 0.311 e. The maximum Gasteiger partial charge on any atom is 0.311 e. The lowest BCUT2D eigenvalue weighted by molar-refractivity contribution is -0.384. The van der Waals surface area contributed by atoms with Crippen LogP contribution < -0.4 is 5.32 Å². The fourth-order valence-corrected chi connectivity index (χ4v) is 2.14. The topological polar surface area (TPSA) is 68.1 Å². The molecule has 5 nitrogen and oxygen atoms in total. The van der Waals surface area contributed by atoms with Gasteiger partial charge in [-0.3, -0.25) is 10.1 Å². The normalized spacial score (nSPS) is 11.3. The predicted octanol–water partition coefficient (Wildman–Crippen LogP) is 3.33. The standard InChI is InChI=1S/C13H21N3O2/c1-9(2)11(10(3)4)8-15-13-12(16(17)18)6-5-7-14-13/h5-7,9-11H,8H2,1-4H3,(H,14,15). The van der Waals surface area contributed by atoms with Crippen LogP contribution in [0.4, 0.5) is 11.5 Å². The van der Waals surface area contributed by atoms with Crippen molar-refractivity contribution in [2.24, 2.45) is 17.8 Å². The van der Waals surface area contributed by atoms with Gasteiger partial charge in [-0.15, -0.1) is 0 Å². The second-order valence-electron chi connectivity index (χ2n) is 5.16. The second-order valence-corrected chi connectivity index (χ2v) is 5.16. The molecule has 0 aliphatic rings. The summed E-state index contributed by atoms with van der Waals surface area (Å²) in [6, 6.07) is 3.04. The van der Waals surface area contributed by atoms with E-state index in [1.54, 1.807) is 12.3 Å². The van der Waals surface area contributed by atoms with Gasteiger partial charge in [0.15, 0.2) is 0 Å². The van der Waals surface area contributed by atoms with E-state index in [2.05, 4.69) is 38.0 Å². The number of hydrogen-bond acceptors (Lipinski definition) is 4. The molecule has 0 atom stereocenters. The van der Waals surface area contributed by atoms with Crippen molar-refractivity contribution in [1.29, 1.82) is 0 Å². The van der Waals surface area contributed by atoms with Crippen LogP contribution in [0.25, 0.3) is 0 Å². The van der Waals surface area contributed by atoms with Crippen LogP contribution in [0.1, 0.15) is 27.7 Å². The highest BCUT2D eigenvalue weighted by molar-refractivity contribution is 5.55. The largest absolute Gasteiger partial charge is 0.364 e. The van der Waals surface area contributed by atoms with E-state index in [9.17, 15) is 10.1 Å². The van der Waals surface area contributed by atoms with Crippen molar-refractivity contribution in [1.82, 2.24) is 4.98 Å². The average molecular weight is 251 g/mol. The van der Waals surface area contributed by atoms with Crippen molar-refractivity contribution >= 4 is 11.5 Å². The van der Waals surface area contributed by atoms with Crippen molar-refractivity contribution in [3.8, 4) is 0 Å². The molecule has 0 radical (unpaired) electrons. The zero-order valence-corrected chi connectivity index (χ0v) is 11.4. The van der Waals surface area contributed by atoms with Gasteiger partial charge in [-0.1, -0.05) is 27.7 Å². The molecule has 0 saturated carbocycles. The van der Waals surface area contributed by atoms with Crippen molar-refractivity contribution < 1.29 is 4.92 Å². The summed E-state index contributed by atoms with van der Waals surface area (Å²) in [6.45, 7) is 9.36. The van der Waals surface area contributed by atoms with Crippen molar-refractivity contribution in [3.63, 3.8) is 0 Å². The van der Waals surface area contributed by atoms with Gasteiger partial charge < -0.3 is 5.32 Å². The van der Waals surface area contributed by atoms with Crippen LogP contribution in [0.3, 0.4) is 0 Å². The highest BCUT2D eigenvalue weighted by atomic mass is 16.6. The van der Waals surface area contributed by atoms with E-state index < -0.39 is 4.92 Å². The molecule has 0 aliphatic carbocycles. The van der Waals surface area contributed by atoms with Gasteiger partial charge in [0.05, 0.1) is 4.92 Å². The van der Waals surface area contributed by atoms with E-state index in [4.69, 9.17) is 0 Å². The first-order valence-electron chi connectivity index (χ1n) is 6.26. The molecule has 0 unspecified atom stereocenters. The molecule has 0 saturated heterocycles. The van der Waals surface area contributed by atoms with Crippen LogP contribution in [0.15, 0.2) is 18.3 Å². The lowest BCUT2D eigenvalue weighted by atomic mass is 9.85. The first kappa shape index (κ1) is 14.4. The van der Waals surface area contributed by atoms with Crippen molar-refractivity contribution in [3.05, 3.63) is 28.4 Å². The Morgan fingerprint density at radius 1 is 1.33 bits per heavy atom. The van der Waals surface area contributed by atoms with Crippen LogP contribution in [-0.2, 0) is 0 Å². The minimum atomic E-state index is -0.408. The molecule has 0 amide bonds. The number of aromatic nitrogens is 1. The predicted molar refractivity (Wildman–Crippen MR) is 72.5 cm³/mol.